The Hall–Kier alpha value is -1.91. The lowest BCUT2D eigenvalue weighted by Gasteiger charge is -2.16. The second kappa shape index (κ2) is 5.16. The Bertz CT molecular complexity index is 459. The first-order valence-electron chi connectivity index (χ1n) is 5.95. The molecule has 2 amide bonds. The van der Waals surface area contributed by atoms with Crippen molar-refractivity contribution in [3.05, 3.63) is 30.1 Å². The van der Waals surface area contributed by atoms with Gasteiger partial charge in [0.05, 0.1) is 5.92 Å². The summed E-state index contributed by atoms with van der Waals surface area (Å²) in [5.41, 5.74) is 0.633. The van der Waals surface area contributed by atoms with E-state index in [1.165, 1.54) is 17.0 Å². The number of carbonyl (C=O) groups is 2. The van der Waals surface area contributed by atoms with E-state index in [9.17, 15) is 14.0 Å². The lowest BCUT2D eigenvalue weighted by atomic mass is 10.1. The molecule has 1 saturated heterocycles. The number of amides is 2. The monoisotopic (exact) mass is 250 g/mol. The maximum Gasteiger partial charge on any atom is 0.227 e. The largest absolute Gasteiger partial charge is 0.356 e. The lowest BCUT2D eigenvalue weighted by molar-refractivity contribution is -0.126. The summed E-state index contributed by atoms with van der Waals surface area (Å²) in [6.07, 6.45) is 0.212. The molecule has 2 rings (SSSR count). The van der Waals surface area contributed by atoms with Crippen molar-refractivity contribution in [3.8, 4) is 0 Å². The highest BCUT2D eigenvalue weighted by Gasteiger charge is 2.34. The first kappa shape index (κ1) is 12.5. The molecule has 0 aromatic heterocycles. The average molecular weight is 250 g/mol. The molecule has 1 fully saturated rings. The highest BCUT2D eigenvalue weighted by atomic mass is 19.1. The molecular weight excluding hydrogens is 235 g/mol. The average Bonchev–Trinajstić information content (AvgIpc) is 2.73. The van der Waals surface area contributed by atoms with E-state index in [1.807, 2.05) is 6.92 Å². The minimum Gasteiger partial charge on any atom is -0.356 e. The van der Waals surface area contributed by atoms with E-state index in [-0.39, 0.29) is 30.0 Å². The van der Waals surface area contributed by atoms with Crippen LogP contribution in [0.3, 0.4) is 0 Å². The van der Waals surface area contributed by atoms with Crippen molar-refractivity contribution < 1.29 is 14.0 Å². The molecule has 4 nitrogen and oxygen atoms in total. The summed E-state index contributed by atoms with van der Waals surface area (Å²) >= 11 is 0. The second-order valence-electron chi connectivity index (χ2n) is 4.28. The molecule has 96 valence electrons. The molecule has 1 aliphatic rings. The Morgan fingerprint density at radius 2 is 2.11 bits per heavy atom. The van der Waals surface area contributed by atoms with Crippen molar-refractivity contribution in [1.82, 2.24) is 5.32 Å². The zero-order chi connectivity index (χ0) is 13.1. The Kier molecular flexibility index (Phi) is 3.60. The van der Waals surface area contributed by atoms with E-state index in [2.05, 4.69) is 5.32 Å². The Balaban J connectivity index is 2.10. The zero-order valence-corrected chi connectivity index (χ0v) is 10.1. The van der Waals surface area contributed by atoms with Gasteiger partial charge in [0, 0.05) is 25.2 Å². The number of anilines is 1. The smallest absolute Gasteiger partial charge is 0.227 e. The van der Waals surface area contributed by atoms with E-state index in [0.717, 1.165) is 0 Å². The first-order chi connectivity index (χ1) is 8.61. The molecule has 0 aliphatic carbocycles. The Morgan fingerprint density at radius 3 is 2.72 bits per heavy atom. The topological polar surface area (TPSA) is 49.4 Å². The first-order valence-corrected chi connectivity index (χ1v) is 5.95. The van der Waals surface area contributed by atoms with Gasteiger partial charge in [-0.15, -0.1) is 0 Å². The maximum absolute atomic E-state index is 12.8. The molecule has 0 radical (unpaired) electrons. The van der Waals surface area contributed by atoms with E-state index >= 15 is 0 Å². The fourth-order valence-corrected chi connectivity index (χ4v) is 2.07. The molecule has 1 aliphatic heterocycles. The van der Waals surface area contributed by atoms with Crippen LogP contribution >= 0.6 is 0 Å². The summed E-state index contributed by atoms with van der Waals surface area (Å²) in [5.74, 6) is -0.860. The van der Waals surface area contributed by atoms with Crippen LogP contribution in [0.25, 0.3) is 0 Å². The summed E-state index contributed by atoms with van der Waals surface area (Å²) in [6.45, 7) is 2.75. The quantitative estimate of drug-likeness (QED) is 0.879. The van der Waals surface area contributed by atoms with Crippen molar-refractivity contribution in [2.24, 2.45) is 5.92 Å². The molecule has 1 aromatic carbocycles. The van der Waals surface area contributed by atoms with Gasteiger partial charge >= 0.3 is 0 Å². The van der Waals surface area contributed by atoms with E-state index in [1.54, 1.807) is 12.1 Å². The molecule has 1 heterocycles. The molecule has 1 N–H and O–H groups in total. The highest BCUT2D eigenvalue weighted by molar-refractivity contribution is 6.00. The minimum atomic E-state index is -0.342. The van der Waals surface area contributed by atoms with Crippen LogP contribution in [0.4, 0.5) is 10.1 Å². The molecule has 0 saturated carbocycles. The van der Waals surface area contributed by atoms with Gasteiger partial charge < -0.3 is 10.2 Å². The zero-order valence-electron chi connectivity index (χ0n) is 10.1. The highest BCUT2D eigenvalue weighted by Crippen LogP contribution is 2.25. The summed E-state index contributed by atoms with van der Waals surface area (Å²) in [6, 6.07) is 5.71. The number of nitrogens with zero attached hydrogens (tertiary/aromatic N) is 1. The third-order valence-electron chi connectivity index (χ3n) is 2.99. The predicted molar refractivity (Wildman–Crippen MR) is 65.5 cm³/mol. The van der Waals surface area contributed by atoms with Crippen molar-refractivity contribution in [2.45, 2.75) is 13.3 Å². The van der Waals surface area contributed by atoms with Crippen LogP contribution in [0.1, 0.15) is 13.3 Å². The van der Waals surface area contributed by atoms with Crippen molar-refractivity contribution >= 4 is 17.5 Å². The Morgan fingerprint density at radius 1 is 1.44 bits per heavy atom. The number of benzene rings is 1. The van der Waals surface area contributed by atoms with Crippen LogP contribution in [0.2, 0.25) is 0 Å². The molecule has 1 atom stereocenters. The number of rotatable bonds is 3. The maximum atomic E-state index is 12.8. The summed E-state index contributed by atoms with van der Waals surface area (Å²) in [5, 5.41) is 2.71. The second-order valence-corrected chi connectivity index (χ2v) is 4.28. The van der Waals surface area contributed by atoms with Crippen molar-refractivity contribution in [1.29, 1.82) is 0 Å². The van der Waals surface area contributed by atoms with Crippen LogP contribution < -0.4 is 10.2 Å². The summed E-state index contributed by atoms with van der Waals surface area (Å²) < 4.78 is 12.8. The molecule has 0 unspecified atom stereocenters. The normalized spacial score (nSPS) is 19.1. The van der Waals surface area contributed by atoms with Gasteiger partial charge in [-0.3, -0.25) is 9.59 Å². The summed E-state index contributed by atoms with van der Waals surface area (Å²) in [7, 11) is 0. The predicted octanol–water partition coefficient (Wildman–Crippen LogP) is 1.31. The number of hydrogen-bond donors (Lipinski definition) is 1. The molecule has 18 heavy (non-hydrogen) atoms. The van der Waals surface area contributed by atoms with Gasteiger partial charge in [-0.2, -0.15) is 0 Å². The van der Waals surface area contributed by atoms with Crippen LogP contribution in [0, 0.1) is 11.7 Å². The number of hydrogen-bond acceptors (Lipinski definition) is 2. The van der Waals surface area contributed by atoms with Crippen LogP contribution in [0.5, 0.6) is 0 Å². The van der Waals surface area contributed by atoms with Gasteiger partial charge in [-0.05, 0) is 31.2 Å². The fraction of sp³-hybridized carbons (Fsp3) is 0.385. The molecule has 5 heteroatoms. The Labute approximate surface area is 105 Å². The van der Waals surface area contributed by atoms with Crippen LogP contribution in [0.15, 0.2) is 24.3 Å². The van der Waals surface area contributed by atoms with E-state index < -0.39 is 0 Å². The third kappa shape index (κ3) is 2.50. The van der Waals surface area contributed by atoms with Gasteiger partial charge in [0.1, 0.15) is 5.82 Å². The van der Waals surface area contributed by atoms with E-state index in [0.29, 0.717) is 18.8 Å². The van der Waals surface area contributed by atoms with E-state index in [4.69, 9.17) is 0 Å². The molecule has 0 spiro atoms. The third-order valence-corrected chi connectivity index (χ3v) is 2.99. The minimum absolute atomic E-state index is 0.0992. The molecule has 1 aromatic rings. The number of nitrogens with one attached hydrogen (secondary N) is 1. The molecule has 0 bridgehead atoms. The van der Waals surface area contributed by atoms with Gasteiger partial charge in [0.2, 0.25) is 11.8 Å². The van der Waals surface area contributed by atoms with Crippen LogP contribution in [-0.2, 0) is 9.59 Å². The summed E-state index contributed by atoms with van der Waals surface area (Å²) in [4.78, 5) is 25.0. The van der Waals surface area contributed by atoms with Gasteiger partial charge in [0.15, 0.2) is 0 Å². The SMILES string of the molecule is CCNC(=O)[C@@H]1CC(=O)N(c2ccc(F)cc2)C1. The van der Waals surface area contributed by atoms with Crippen molar-refractivity contribution in [3.63, 3.8) is 0 Å². The standard InChI is InChI=1S/C13H15FN2O2/c1-2-15-13(18)9-7-12(17)16(8-9)11-5-3-10(14)4-6-11/h3-6,9H,2,7-8H2,1H3,(H,15,18)/t9-/m1/s1. The lowest BCUT2D eigenvalue weighted by Crippen LogP contribution is -2.32. The number of carbonyl (C=O) groups excluding carboxylic acids is 2. The van der Waals surface area contributed by atoms with Crippen molar-refractivity contribution in [2.75, 3.05) is 18.0 Å². The molecular formula is C13H15FN2O2. The fourth-order valence-electron chi connectivity index (χ4n) is 2.07. The van der Waals surface area contributed by atoms with Crippen LogP contribution in [-0.4, -0.2) is 24.9 Å². The van der Waals surface area contributed by atoms with Gasteiger partial charge in [-0.1, -0.05) is 0 Å². The number of halogens is 1. The van der Waals surface area contributed by atoms with Gasteiger partial charge in [0.25, 0.3) is 0 Å². The van der Waals surface area contributed by atoms with Gasteiger partial charge in [-0.25, -0.2) is 4.39 Å².